The summed E-state index contributed by atoms with van der Waals surface area (Å²) in [5.74, 6) is 2.92. The fourth-order valence-corrected chi connectivity index (χ4v) is 5.11. The van der Waals surface area contributed by atoms with Crippen molar-refractivity contribution in [2.24, 2.45) is 17.3 Å². The van der Waals surface area contributed by atoms with Crippen molar-refractivity contribution < 1.29 is 0 Å². The van der Waals surface area contributed by atoms with E-state index in [1.165, 1.54) is 44.1 Å². The molecule has 2 heteroatoms. The summed E-state index contributed by atoms with van der Waals surface area (Å²) >= 11 is 12.4. The smallest absolute Gasteiger partial charge is 0.0406 e. The second-order valence-electron chi connectivity index (χ2n) is 7.11. The van der Waals surface area contributed by atoms with Gasteiger partial charge in [-0.3, -0.25) is 0 Å². The zero-order chi connectivity index (χ0) is 14.2. The quantitative estimate of drug-likeness (QED) is 0.565. The number of benzene rings is 1. The number of hydrogen-bond acceptors (Lipinski definition) is 0. The highest BCUT2D eigenvalue weighted by atomic mass is 35.5. The highest BCUT2D eigenvalue weighted by molar-refractivity contribution is 6.30. The minimum absolute atomic E-state index is 0.542. The molecule has 4 atom stereocenters. The van der Waals surface area contributed by atoms with Crippen molar-refractivity contribution in [2.45, 2.75) is 51.4 Å². The van der Waals surface area contributed by atoms with Gasteiger partial charge in [-0.1, -0.05) is 43.5 Å². The molecular formula is C18H24Cl2. The Morgan fingerprint density at radius 1 is 1.20 bits per heavy atom. The van der Waals surface area contributed by atoms with E-state index >= 15 is 0 Å². The van der Waals surface area contributed by atoms with E-state index in [1.807, 2.05) is 12.1 Å². The lowest BCUT2D eigenvalue weighted by Gasteiger charge is -2.51. The van der Waals surface area contributed by atoms with E-state index < -0.39 is 0 Å². The average molecular weight is 311 g/mol. The van der Waals surface area contributed by atoms with Crippen LogP contribution >= 0.6 is 23.2 Å². The van der Waals surface area contributed by atoms with Gasteiger partial charge in [0.1, 0.15) is 0 Å². The largest absolute Gasteiger partial charge is 0.126 e. The molecule has 0 spiro atoms. The summed E-state index contributed by atoms with van der Waals surface area (Å²) in [6.07, 6.45) is 8.25. The van der Waals surface area contributed by atoms with Crippen molar-refractivity contribution in [3.05, 3.63) is 34.9 Å². The fraction of sp³-hybridized carbons (Fsp3) is 0.667. The minimum atomic E-state index is 0.542. The van der Waals surface area contributed by atoms with Gasteiger partial charge in [-0.2, -0.15) is 0 Å². The molecule has 2 unspecified atom stereocenters. The Kier molecular flexibility index (Phi) is 4.34. The zero-order valence-corrected chi connectivity index (χ0v) is 13.8. The lowest BCUT2D eigenvalue weighted by molar-refractivity contribution is 0.0267. The number of alkyl halides is 1. The van der Waals surface area contributed by atoms with Crippen LogP contribution in [0.25, 0.3) is 0 Å². The van der Waals surface area contributed by atoms with Crippen LogP contribution in [0, 0.1) is 17.3 Å². The van der Waals surface area contributed by atoms with Crippen LogP contribution in [0.5, 0.6) is 0 Å². The van der Waals surface area contributed by atoms with Crippen molar-refractivity contribution in [3.63, 3.8) is 0 Å². The summed E-state index contributed by atoms with van der Waals surface area (Å²) < 4.78 is 0. The van der Waals surface area contributed by atoms with E-state index in [-0.39, 0.29) is 0 Å². The summed E-state index contributed by atoms with van der Waals surface area (Å²) in [5.41, 5.74) is 1.98. The van der Waals surface area contributed by atoms with E-state index in [9.17, 15) is 0 Å². The summed E-state index contributed by atoms with van der Waals surface area (Å²) in [4.78, 5) is 0. The lowest BCUT2D eigenvalue weighted by atomic mass is 9.55. The van der Waals surface area contributed by atoms with Crippen molar-refractivity contribution in [3.8, 4) is 0 Å². The standard InChI is InChI=1S/C18H24Cl2/c1-18-9-3-2-4-15(18)10-17(14(11-18)12-19)13-5-7-16(20)8-6-13/h5-8,14-15,17H,2-4,9-12H2,1H3/t14?,15-,17?,18+/m0/s1. The molecule has 110 valence electrons. The van der Waals surface area contributed by atoms with Gasteiger partial charge in [0.05, 0.1) is 0 Å². The van der Waals surface area contributed by atoms with Gasteiger partial charge in [-0.25, -0.2) is 0 Å². The Morgan fingerprint density at radius 3 is 2.65 bits per heavy atom. The molecule has 0 saturated heterocycles. The third kappa shape index (κ3) is 2.74. The first-order valence-corrected chi connectivity index (χ1v) is 8.85. The van der Waals surface area contributed by atoms with Crippen LogP contribution in [0.1, 0.15) is 56.9 Å². The maximum atomic E-state index is 6.32. The molecule has 2 aliphatic carbocycles. The first-order chi connectivity index (χ1) is 9.62. The van der Waals surface area contributed by atoms with Gasteiger partial charge in [-0.15, -0.1) is 11.6 Å². The maximum Gasteiger partial charge on any atom is 0.0406 e. The van der Waals surface area contributed by atoms with Crippen molar-refractivity contribution in [2.75, 3.05) is 5.88 Å². The van der Waals surface area contributed by atoms with Gasteiger partial charge in [0.25, 0.3) is 0 Å². The molecule has 20 heavy (non-hydrogen) atoms. The van der Waals surface area contributed by atoms with E-state index in [0.29, 0.717) is 17.3 Å². The lowest BCUT2D eigenvalue weighted by Crippen LogP contribution is -2.41. The third-order valence-electron chi connectivity index (χ3n) is 5.87. The summed E-state index contributed by atoms with van der Waals surface area (Å²) in [7, 11) is 0. The monoisotopic (exact) mass is 310 g/mol. The maximum absolute atomic E-state index is 6.32. The highest BCUT2D eigenvalue weighted by Gasteiger charge is 2.45. The van der Waals surface area contributed by atoms with Crippen LogP contribution in [0.4, 0.5) is 0 Å². The normalized spacial score (nSPS) is 37.5. The highest BCUT2D eigenvalue weighted by Crippen LogP contribution is 2.56. The zero-order valence-electron chi connectivity index (χ0n) is 12.2. The van der Waals surface area contributed by atoms with Crippen LogP contribution in [0.3, 0.4) is 0 Å². The third-order valence-corrected chi connectivity index (χ3v) is 6.52. The molecular weight excluding hydrogens is 287 g/mol. The second kappa shape index (κ2) is 5.89. The Labute approximate surface area is 132 Å². The number of rotatable bonds is 2. The molecule has 0 bridgehead atoms. The van der Waals surface area contributed by atoms with E-state index in [4.69, 9.17) is 23.2 Å². The molecule has 1 aromatic rings. The van der Waals surface area contributed by atoms with Crippen molar-refractivity contribution in [1.82, 2.24) is 0 Å². The van der Waals surface area contributed by atoms with Gasteiger partial charge >= 0.3 is 0 Å². The first-order valence-electron chi connectivity index (χ1n) is 7.94. The first kappa shape index (κ1) is 14.7. The summed E-state index contributed by atoms with van der Waals surface area (Å²) in [6, 6.07) is 8.46. The summed E-state index contributed by atoms with van der Waals surface area (Å²) in [6.45, 7) is 2.51. The van der Waals surface area contributed by atoms with Gasteiger partial charge in [-0.05, 0) is 66.5 Å². The molecule has 1 aromatic carbocycles. The Bertz CT molecular complexity index is 453. The van der Waals surface area contributed by atoms with E-state index in [0.717, 1.165) is 16.8 Å². The van der Waals surface area contributed by atoms with Crippen LogP contribution in [0.15, 0.2) is 24.3 Å². The molecule has 2 fully saturated rings. The average Bonchev–Trinajstić information content (AvgIpc) is 2.46. The molecule has 0 aliphatic heterocycles. The SMILES string of the molecule is C[C@]12CCCC[C@H]1CC(c1ccc(Cl)cc1)C(CCl)C2. The topological polar surface area (TPSA) is 0 Å². The number of hydrogen-bond donors (Lipinski definition) is 0. The Hall–Kier alpha value is -0.200. The molecule has 0 radical (unpaired) electrons. The fourth-order valence-electron chi connectivity index (χ4n) is 4.66. The van der Waals surface area contributed by atoms with E-state index in [2.05, 4.69) is 19.1 Å². The molecule has 2 saturated carbocycles. The van der Waals surface area contributed by atoms with E-state index in [1.54, 1.807) is 0 Å². The van der Waals surface area contributed by atoms with Gasteiger partial charge < -0.3 is 0 Å². The van der Waals surface area contributed by atoms with Crippen LogP contribution in [-0.2, 0) is 0 Å². The predicted molar refractivity (Wildman–Crippen MR) is 87.7 cm³/mol. The minimum Gasteiger partial charge on any atom is -0.126 e. The molecule has 0 heterocycles. The van der Waals surface area contributed by atoms with Crippen LogP contribution in [0.2, 0.25) is 5.02 Å². The molecule has 0 N–H and O–H groups in total. The van der Waals surface area contributed by atoms with Crippen LogP contribution in [-0.4, -0.2) is 5.88 Å². The second-order valence-corrected chi connectivity index (χ2v) is 7.85. The molecule has 2 aliphatic rings. The Morgan fingerprint density at radius 2 is 1.95 bits per heavy atom. The number of fused-ring (bicyclic) bond motifs is 1. The molecule has 3 rings (SSSR count). The molecule has 0 aromatic heterocycles. The molecule has 0 nitrogen and oxygen atoms in total. The molecule has 0 amide bonds. The van der Waals surface area contributed by atoms with Gasteiger partial charge in [0, 0.05) is 10.9 Å². The number of halogens is 2. The van der Waals surface area contributed by atoms with Gasteiger partial charge in [0.2, 0.25) is 0 Å². The predicted octanol–water partition coefficient (Wildman–Crippen LogP) is 6.27. The van der Waals surface area contributed by atoms with Crippen LogP contribution < -0.4 is 0 Å². The summed E-state index contributed by atoms with van der Waals surface area (Å²) in [5, 5.41) is 0.828. The van der Waals surface area contributed by atoms with Gasteiger partial charge in [0.15, 0.2) is 0 Å². The Balaban J connectivity index is 1.85. The van der Waals surface area contributed by atoms with Crippen molar-refractivity contribution >= 4 is 23.2 Å². The van der Waals surface area contributed by atoms with Crippen molar-refractivity contribution in [1.29, 1.82) is 0 Å².